The van der Waals surface area contributed by atoms with Gasteiger partial charge in [0, 0.05) is 38.3 Å². The minimum Gasteiger partial charge on any atom is -0.396 e. The summed E-state index contributed by atoms with van der Waals surface area (Å²) in [5.74, 6) is 0.702. The van der Waals surface area contributed by atoms with Crippen molar-refractivity contribution < 1.29 is 9.84 Å². The molecule has 2 N–H and O–H groups in total. The lowest BCUT2D eigenvalue weighted by Gasteiger charge is -2.32. The largest absolute Gasteiger partial charge is 0.396 e. The zero-order valence-electron chi connectivity index (χ0n) is 12.4. The summed E-state index contributed by atoms with van der Waals surface area (Å²) >= 11 is 0. The van der Waals surface area contributed by atoms with Gasteiger partial charge in [0.2, 0.25) is 0 Å². The molecule has 0 radical (unpaired) electrons. The molecule has 0 amide bonds. The molecule has 2 fully saturated rings. The summed E-state index contributed by atoms with van der Waals surface area (Å²) in [5.41, 5.74) is 0.323. The van der Waals surface area contributed by atoms with Crippen LogP contribution in [0.3, 0.4) is 0 Å². The molecule has 0 aliphatic carbocycles. The number of hydrogen-bond donors (Lipinski definition) is 2. The van der Waals surface area contributed by atoms with Crippen LogP contribution in [0.1, 0.15) is 32.6 Å². The number of likely N-dealkylation sites (tertiary alicyclic amines) is 1. The Morgan fingerprint density at radius 3 is 3.05 bits per heavy atom. The van der Waals surface area contributed by atoms with Crippen molar-refractivity contribution in [1.29, 1.82) is 0 Å². The summed E-state index contributed by atoms with van der Waals surface area (Å²) in [6.07, 6.45) is 4.60. The van der Waals surface area contributed by atoms with Crippen LogP contribution in [0.2, 0.25) is 0 Å². The number of hydrogen-bond acceptors (Lipinski definition) is 4. The van der Waals surface area contributed by atoms with Crippen molar-refractivity contribution in [3.8, 4) is 0 Å². The van der Waals surface area contributed by atoms with E-state index in [2.05, 4.69) is 17.1 Å². The molecule has 0 aromatic carbocycles. The maximum absolute atomic E-state index is 9.04. The first kappa shape index (κ1) is 15.2. The molecule has 2 aliphatic rings. The zero-order valence-corrected chi connectivity index (χ0v) is 12.4. The van der Waals surface area contributed by atoms with Crippen molar-refractivity contribution in [2.45, 2.75) is 32.6 Å². The van der Waals surface area contributed by atoms with Crippen molar-refractivity contribution in [3.63, 3.8) is 0 Å². The summed E-state index contributed by atoms with van der Waals surface area (Å²) in [7, 11) is 0. The average molecular weight is 270 g/mol. The second-order valence-corrected chi connectivity index (χ2v) is 6.38. The van der Waals surface area contributed by atoms with Gasteiger partial charge in [0.1, 0.15) is 0 Å². The predicted molar refractivity (Wildman–Crippen MR) is 77.3 cm³/mol. The van der Waals surface area contributed by atoms with Crippen LogP contribution in [0.15, 0.2) is 0 Å². The highest BCUT2D eigenvalue weighted by Crippen LogP contribution is 2.31. The fraction of sp³-hybridized carbons (Fsp3) is 1.00. The molecule has 0 bridgehead atoms. The fourth-order valence-corrected chi connectivity index (χ4v) is 3.45. The molecule has 112 valence electrons. The highest BCUT2D eigenvalue weighted by atomic mass is 16.5. The van der Waals surface area contributed by atoms with E-state index in [1.54, 1.807) is 0 Å². The highest BCUT2D eigenvalue weighted by molar-refractivity contribution is 4.90. The smallest absolute Gasteiger partial charge is 0.0547 e. The number of nitrogens with one attached hydrogen (secondary N) is 1. The minimum absolute atomic E-state index is 0.323. The Morgan fingerprint density at radius 1 is 1.47 bits per heavy atom. The third-order valence-electron chi connectivity index (χ3n) is 4.58. The van der Waals surface area contributed by atoms with Crippen LogP contribution in [-0.4, -0.2) is 62.6 Å². The van der Waals surface area contributed by atoms with Gasteiger partial charge in [-0.15, -0.1) is 0 Å². The molecule has 19 heavy (non-hydrogen) atoms. The van der Waals surface area contributed by atoms with Gasteiger partial charge in [-0.1, -0.05) is 6.92 Å². The van der Waals surface area contributed by atoms with Gasteiger partial charge in [-0.25, -0.2) is 0 Å². The average Bonchev–Trinajstić information content (AvgIpc) is 3.01. The van der Waals surface area contributed by atoms with Crippen LogP contribution in [0.5, 0.6) is 0 Å². The molecule has 0 saturated carbocycles. The second-order valence-electron chi connectivity index (χ2n) is 6.38. The van der Waals surface area contributed by atoms with E-state index in [9.17, 15) is 0 Å². The summed E-state index contributed by atoms with van der Waals surface area (Å²) < 4.78 is 5.67. The Hall–Kier alpha value is -0.160. The van der Waals surface area contributed by atoms with Crippen LogP contribution in [-0.2, 0) is 4.74 Å². The van der Waals surface area contributed by atoms with Crippen LogP contribution in [0.4, 0.5) is 0 Å². The number of aliphatic hydroxyl groups is 1. The Balaban J connectivity index is 1.80. The Kier molecular flexibility index (Phi) is 6.07. The number of nitrogens with zero attached hydrogens (tertiary/aromatic N) is 1. The standard InChI is InChI=1S/C15H30N2O2/c1-2-6-16-11-15(5-9-19-13-15)12-17-7-3-14(10-17)4-8-18/h14,16,18H,2-13H2,1H3. The van der Waals surface area contributed by atoms with E-state index in [1.807, 2.05) is 0 Å². The van der Waals surface area contributed by atoms with Crippen LogP contribution in [0.25, 0.3) is 0 Å². The van der Waals surface area contributed by atoms with E-state index in [1.165, 1.54) is 25.8 Å². The molecular weight excluding hydrogens is 240 g/mol. The van der Waals surface area contributed by atoms with E-state index in [4.69, 9.17) is 9.84 Å². The minimum atomic E-state index is 0.323. The first-order chi connectivity index (χ1) is 9.28. The molecule has 2 atom stereocenters. The highest BCUT2D eigenvalue weighted by Gasteiger charge is 2.37. The van der Waals surface area contributed by atoms with Gasteiger partial charge in [0.05, 0.1) is 6.61 Å². The Labute approximate surface area is 117 Å². The molecule has 2 rings (SSSR count). The normalized spacial score (nSPS) is 32.2. The summed E-state index contributed by atoms with van der Waals surface area (Å²) in [4.78, 5) is 2.59. The van der Waals surface area contributed by atoms with Gasteiger partial charge in [0.15, 0.2) is 0 Å². The lowest BCUT2D eigenvalue weighted by Crippen LogP contribution is -2.44. The number of rotatable bonds is 8. The van der Waals surface area contributed by atoms with Gasteiger partial charge in [0.25, 0.3) is 0 Å². The Morgan fingerprint density at radius 2 is 2.37 bits per heavy atom. The molecule has 0 aromatic heterocycles. The maximum atomic E-state index is 9.04. The van der Waals surface area contributed by atoms with E-state index < -0.39 is 0 Å². The van der Waals surface area contributed by atoms with E-state index in [0.717, 1.165) is 45.8 Å². The number of aliphatic hydroxyl groups excluding tert-OH is 1. The number of ether oxygens (including phenoxy) is 1. The quantitative estimate of drug-likeness (QED) is 0.648. The van der Waals surface area contributed by atoms with Crippen molar-refractivity contribution in [3.05, 3.63) is 0 Å². The molecule has 2 unspecified atom stereocenters. The van der Waals surface area contributed by atoms with E-state index >= 15 is 0 Å². The third kappa shape index (κ3) is 4.42. The van der Waals surface area contributed by atoms with Gasteiger partial charge >= 0.3 is 0 Å². The van der Waals surface area contributed by atoms with E-state index in [-0.39, 0.29) is 0 Å². The Bertz CT molecular complexity index is 255. The monoisotopic (exact) mass is 270 g/mol. The molecule has 0 aromatic rings. The van der Waals surface area contributed by atoms with Crippen LogP contribution < -0.4 is 5.32 Å². The van der Waals surface area contributed by atoms with Crippen molar-refractivity contribution >= 4 is 0 Å². The first-order valence-corrected chi connectivity index (χ1v) is 7.90. The molecule has 0 spiro atoms. The van der Waals surface area contributed by atoms with Crippen molar-refractivity contribution in [2.24, 2.45) is 11.3 Å². The molecular formula is C15H30N2O2. The molecule has 2 heterocycles. The molecule has 2 aliphatic heterocycles. The van der Waals surface area contributed by atoms with Gasteiger partial charge in [-0.3, -0.25) is 0 Å². The van der Waals surface area contributed by atoms with Crippen LogP contribution in [0, 0.1) is 11.3 Å². The maximum Gasteiger partial charge on any atom is 0.0547 e. The molecule has 2 saturated heterocycles. The lowest BCUT2D eigenvalue weighted by atomic mass is 9.86. The SMILES string of the molecule is CCCNCC1(CN2CCC(CCO)C2)CCOC1. The van der Waals surface area contributed by atoms with Crippen molar-refractivity contribution in [1.82, 2.24) is 10.2 Å². The zero-order chi connectivity index (χ0) is 13.6. The van der Waals surface area contributed by atoms with Gasteiger partial charge in [-0.2, -0.15) is 0 Å². The van der Waals surface area contributed by atoms with Gasteiger partial charge in [-0.05, 0) is 44.7 Å². The van der Waals surface area contributed by atoms with Gasteiger partial charge < -0.3 is 20.1 Å². The van der Waals surface area contributed by atoms with Crippen molar-refractivity contribution in [2.75, 3.05) is 52.5 Å². The fourth-order valence-electron chi connectivity index (χ4n) is 3.45. The summed E-state index contributed by atoms with van der Waals surface area (Å²) in [6.45, 7) is 10.1. The third-order valence-corrected chi connectivity index (χ3v) is 4.58. The second kappa shape index (κ2) is 7.58. The summed E-state index contributed by atoms with van der Waals surface area (Å²) in [6, 6.07) is 0. The van der Waals surface area contributed by atoms with E-state index in [0.29, 0.717) is 17.9 Å². The summed E-state index contributed by atoms with van der Waals surface area (Å²) in [5, 5.41) is 12.6. The molecule has 4 nitrogen and oxygen atoms in total. The topological polar surface area (TPSA) is 44.7 Å². The first-order valence-electron chi connectivity index (χ1n) is 7.90. The lowest BCUT2D eigenvalue weighted by molar-refractivity contribution is 0.116. The molecule has 4 heteroatoms. The van der Waals surface area contributed by atoms with Crippen LogP contribution >= 0.6 is 0 Å². The predicted octanol–water partition coefficient (Wildman–Crippen LogP) is 1.10.